The second-order valence-electron chi connectivity index (χ2n) is 7.29. The van der Waals surface area contributed by atoms with Crippen molar-refractivity contribution in [2.24, 2.45) is 0 Å². The first kappa shape index (κ1) is 20.2. The molecule has 2 aliphatic rings. The van der Waals surface area contributed by atoms with E-state index < -0.39 is 29.4 Å². The summed E-state index contributed by atoms with van der Waals surface area (Å²) in [4.78, 5) is 39.4. The minimum atomic E-state index is -1.26. The lowest BCUT2D eigenvalue weighted by atomic mass is 9.92. The number of urea groups is 1. The van der Waals surface area contributed by atoms with Crippen LogP contribution in [0.1, 0.15) is 25.0 Å². The molecule has 0 radical (unpaired) electrons. The molecule has 2 unspecified atom stereocenters. The molecule has 9 heteroatoms. The zero-order chi connectivity index (χ0) is 21.5. The molecular formula is C21H20BrN3O5. The number of halogens is 1. The average Bonchev–Trinajstić information content (AvgIpc) is 3.28. The standard InChI is InChI=1S/C21H20BrN3O5/c1-12(18(26)23-10-13-7-8-16-17(9-13)30-11-29-16)25-19(27)21(2,24-20(25)28)14-5-3-4-6-15(14)22/h3-9,12H,10-11H2,1-2H3,(H,23,26)(H,24,28). The molecular weight excluding hydrogens is 454 g/mol. The van der Waals surface area contributed by atoms with Gasteiger partial charge in [-0.15, -0.1) is 0 Å². The normalized spacial score (nSPS) is 20.8. The molecule has 2 aromatic rings. The zero-order valence-electron chi connectivity index (χ0n) is 16.4. The topological polar surface area (TPSA) is 97.0 Å². The van der Waals surface area contributed by atoms with Gasteiger partial charge in [-0.3, -0.25) is 9.59 Å². The van der Waals surface area contributed by atoms with Gasteiger partial charge in [0.05, 0.1) is 0 Å². The SMILES string of the molecule is CC(C(=O)NCc1ccc2c(c1)OCO2)N1C(=O)NC(C)(c2ccccc2Br)C1=O. The van der Waals surface area contributed by atoms with Crippen LogP contribution in [0.5, 0.6) is 11.5 Å². The first-order valence-electron chi connectivity index (χ1n) is 9.38. The van der Waals surface area contributed by atoms with Crippen LogP contribution in [-0.4, -0.2) is 35.6 Å². The van der Waals surface area contributed by atoms with Gasteiger partial charge in [-0.05, 0) is 37.6 Å². The number of carbonyl (C=O) groups is 3. The van der Waals surface area contributed by atoms with Crippen molar-refractivity contribution >= 4 is 33.8 Å². The number of fused-ring (bicyclic) bond motifs is 1. The first-order chi connectivity index (χ1) is 14.3. The fourth-order valence-corrected chi connectivity index (χ4v) is 4.25. The minimum Gasteiger partial charge on any atom is -0.454 e. The number of carbonyl (C=O) groups excluding carboxylic acids is 3. The van der Waals surface area contributed by atoms with E-state index in [2.05, 4.69) is 26.6 Å². The van der Waals surface area contributed by atoms with Gasteiger partial charge in [0.1, 0.15) is 11.6 Å². The maximum Gasteiger partial charge on any atom is 0.326 e. The van der Waals surface area contributed by atoms with E-state index in [9.17, 15) is 14.4 Å². The lowest BCUT2D eigenvalue weighted by Gasteiger charge is -2.25. The summed E-state index contributed by atoms with van der Waals surface area (Å²) in [6, 6.07) is 11.0. The lowest BCUT2D eigenvalue weighted by molar-refractivity contribution is -0.137. The van der Waals surface area contributed by atoms with Gasteiger partial charge in [-0.25, -0.2) is 9.69 Å². The Morgan fingerprint density at radius 1 is 1.23 bits per heavy atom. The molecule has 4 rings (SSSR count). The second-order valence-corrected chi connectivity index (χ2v) is 8.15. The van der Waals surface area contributed by atoms with E-state index in [-0.39, 0.29) is 13.3 Å². The quantitative estimate of drug-likeness (QED) is 0.650. The molecule has 0 aliphatic carbocycles. The van der Waals surface area contributed by atoms with Crippen LogP contribution in [0.15, 0.2) is 46.9 Å². The van der Waals surface area contributed by atoms with Crippen LogP contribution in [0.4, 0.5) is 4.79 Å². The van der Waals surface area contributed by atoms with Gasteiger partial charge in [0.2, 0.25) is 12.7 Å². The number of nitrogens with one attached hydrogen (secondary N) is 2. The number of benzene rings is 2. The number of ether oxygens (including phenoxy) is 2. The fourth-order valence-electron chi connectivity index (χ4n) is 3.57. The summed E-state index contributed by atoms with van der Waals surface area (Å²) in [6.45, 7) is 3.55. The predicted molar refractivity (Wildman–Crippen MR) is 111 cm³/mol. The summed E-state index contributed by atoms with van der Waals surface area (Å²) in [7, 11) is 0. The molecule has 2 aromatic carbocycles. The molecule has 156 valence electrons. The van der Waals surface area contributed by atoms with Crippen molar-refractivity contribution in [1.82, 2.24) is 15.5 Å². The Balaban J connectivity index is 1.46. The summed E-state index contributed by atoms with van der Waals surface area (Å²) in [5.41, 5.74) is 0.178. The second kappa shape index (κ2) is 7.64. The Bertz CT molecular complexity index is 1040. The molecule has 0 saturated carbocycles. The molecule has 0 spiro atoms. The van der Waals surface area contributed by atoms with E-state index >= 15 is 0 Å². The van der Waals surface area contributed by atoms with Gasteiger partial charge in [-0.2, -0.15) is 0 Å². The molecule has 1 fully saturated rings. The van der Waals surface area contributed by atoms with Crippen molar-refractivity contribution in [2.75, 3.05) is 6.79 Å². The summed E-state index contributed by atoms with van der Waals surface area (Å²) in [5, 5.41) is 5.49. The number of hydrogen-bond acceptors (Lipinski definition) is 5. The molecule has 1 saturated heterocycles. The highest BCUT2D eigenvalue weighted by Gasteiger charge is 2.52. The Labute approximate surface area is 181 Å². The van der Waals surface area contributed by atoms with Gasteiger partial charge in [0, 0.05) is 16.6 Å². The van der Waals surface area contributed by atoms with E-state index in [0.29, 0.717) is 21.5 Å². The van der Waals surface area contributed by atoms with Gasteiger partial charge < -0.3 is 20.1 Å². The molecule has 2 N–H and O–H groups in total. The van der Waals surface area contributed by atoms with Crippen molar-refractivity contribution in [1.29, 1.82) is 0 Å². The maximum absolute atomic E-state index is 13.1. The van der Waals surface area contributed by atoms with E-state index in [4.69, 9.17) is 9.47 Å². The van der Waals surface area contributed by atoms with Crippen molar-refractivity contribution in [3.05, 3.63) is 58.1 Å². The predicted octanol–water partition coefficient (Wildman–Crippen LogP) is 2.65. The number of rotatable bonds is 5. The summed E-state index contributed by atoms with van der Waals surface area (Å²) in [6.07, 6.45) is 0. The van der Waals surface area contributed by atoms with E-state index in [1.807, 2.05) is 12.1 Å². The Morgan fingerprint density at radius 2 is 1.97 bits per heavy atom. The Kier molecular flexibility index (Phi) is 5.15. The third kappa shape index (κ3) is 3.39. The van der Waals surface area contributed by atoms with Crippen molar-refractivity contribution < 1.29 is 23.9 Å². The Hall–Kier alpha value is -3.07. The summed E-state index contributed by atoms with van der Waals surface area (Å²) in [5.74, 6) is 0.356. The largest absolute Gasteiger partial charge is 0.454 e. The molecule has 2 aliphatic heterocycles. The molecule has 8 nitrogen and oxygen atoms in total. The average molecular weight is 474 g/mol. The van der Waals surface area contributed by atoms with Gasteiger partial charge in [0.25, 0.3) is 5.91 Å². The lowest BCUT2D eigenvalue weighted by Crippen LogP contribution is -2.49. The smallest absolute Gasteiger partial charge is 0.326 e. The van der Waals surface area contributed by atoms with Crippen molar-refractivity contribution in [2.45, 2.75) is 32.0 Å². The van der Waals surface area contributed by atoms with Crippen LogP contribution in [0.2, 0.25) is 0 Å². The fraction of sp³-hybridized carbons (Fsp3) is 0.286. The minimum absolute atomic E-state index is 0.171. The highest BCUT2D eigenvalue weighted by atomic mass is 79.9. The van der Waals surface area contributed by atoms with Crippen LogP contribution in [0.3, 0.4) is 0 Å². The third-order valence-corrected chi connectivity index (χ3v) is 6.00. The van der Waals surface area contributed by atoms with E-state index in [1.54, 1.807) is 37.3 Å². The van der Waals surface area contributed by atoms with Crippen LogP contribution >= 0.6 is 15.9 Å². The van der Waals surface area contributed by atoms with Crippen LogP contribution in [0, 0.1) is 0 Å². The molecule has 30 heavy (non-hydrogen) atoms. The van der Waals surface area contributed by atoms with E-state index in [1.165, 1.54) is 6.92 Å². The highest BCUT2D eigenvalue weighted by Crippen LogP contribution is 2.35. The number of imide groups is 1. The van der Waals surface area contributed by atoms with Gasteiger partial charge >= 0.3 is 6.03 Å². The highest BCUT2D eigenvalue weighted by molar-refractivity contribution is 9.10. The number of hydrogen-bond donors (Lipinski definition) is 2. The van der Waals surface area contributed by atoms with Crippen molar-refractivity contribution in [3.8, 4) is 11.5 Å². The number of amides is 4. The van der Waals surface area contributed by atoms with Crippen LogP contribution < -0.4 is 20.1 Å². The molecule has 2 atom stereocenters. The summed E-state index contributed by atoms with van der Waals surface area (Å²) < 4.78 is 11.3. The van der Waals surface area contributed by atoms with Crippen LogP contribution in [-0.2, 0) is 21.7 Å². The zero-order valence-corrected chi connectivity index (χ0v) is 18.0. The van der Waals surface area contributed by atoms with Crippen molar-refractivity contribution in [3.63, 3.8) is 0 Å². The Morgan fingerprint density at radius 3 is 2.73 bits per heavy atom. The first-order valence-corrected chi connectivity index (χ1v) is 10.2. The van der Waals surface area contributed by atoms with E-state index in [0.717, 1.165) is 10.5 Å². The molecule has 0 bridgehead atoms. The maximum atomic E-state index is 13.1. The summed E-state index contributed by atoms with van der Waals surface area (Å²) >= 11 is 3.43. The van der Waals surface area contributed by atoms with Gasteiger partial charge in [0.15, 0.2) is 11.5 Å². The third-order valence-electron chi connectivity index (χ3n) is 5.31. The van der Waals surface area contributed by atoms with Gasteiger partial charge in [-0.1, -0.05) is 40.2 Å². The number of nitrogens with zero attached hydrogens (tertiary/aromatic N) is 1. The molecule has 0 aromatic heterocycles. The molecule has 4 amide bonds. The molecule has 2 heterocycles. The monoisotopic (exact) mass is 473 g/mol. The van der Waals surface area contributed by atoms with Crippen LogP contribution in [0.25, 0.3) is 0 Å².